The minimum absolute atomic E-state index is 0.146. The van der Waals surface area contributed by atoms with Crippen molar-refractivity contribution in [3.63, 3.8) is 0 Å². The second-order valence-corrected chi connectivity index (χ2v) is 6.73. The van der Waals surface area contributed by atoms with Crippen LogP contribution in [0.3, 0.4) is 0 Å². The van der Waals surface area contributed by atoms with Crippen molar-refractivity contribution >= 4 is 24.5 Å². The Balaban J connectivity index is 2.64. The molecule has 110 valence electrons. The molecule has 3 atom stereocenters. The summed E-state index contributed by atoms with van der Waals surface area (Å²) in [6.07, 6.45) is 5.66. The van der Waals surface area contributed by atoms with E-state index in [0.29, 0.717) is 17.7 Å². The molecule has 0 aromatic heterocycles. The van der Waals surface area contributed by atoms with Crippen LogP contribution >= 0.6 is 11.8 Å². The quantitative estimate of drug-likeness (QED) is 0.517. The van der Waals surface area contributed by atoms with Crippen LogP contribution in [0.15, 0.2) is 0 Å². The molecule has 1 heterocycles. The zero-order valence-electron chi connectivity index (χ0n) is 12.2. The average molecular weight is 286 g/mol. The minimum Gasteiger partial charge on any atom is -0.351 e. The summed E-state index contributed by atoms with van der Waals surface area (Å²) < 4.78 is 0. The monoisotopic (exact) mass is 286 g/mol. The van der Waals surface area contributed by atoms with Crippen LogP contribution in [0.2, 0.25) is 0 Å². The molecule has 0 saturated carbocycles. The van der Waals surface area contributed by atoms with Crippen molar-refractivity contribution < 1.29 is 9.59 Å². The van der Waals surface area contributed by atoms with Gasteiger partial charge in [-0.25, -0.2) is 0 Å². The number of amides is 1. The van der Waals surface area contributed by atoms with Gasteiger partial charge in [0.05, 0.1) is 5.54 Å². The van der Waals surface area contributed by atoms with Gasteiger partial charge in [-0.05, 0) is 33.4 Å². The van der Waals surface area contributed by atoms with Gasteiger partial charge in [0.25, 0.3) is 0 Å². The molecule has 1 unspecified atom stereocenters. The second-order valence-electron chi connectivity index (χ2n) is 5.50. The van der Waals surface area contributed by atoms with Crippen molar-refractivity contribution in [2.45, 2.75) is 56.4 Å². The summed E-state index contributed by atoms with van der Waals surface area (Å²) in [5.41, 5.74) is -0.146. The third kappa shape index (κ3) is 4.21. The minimum atomic E-state index is -0.146. The van der Waals surface area contributed by atoms with E-state index in [9.17, 15) is 9.59 Å². The summed E-state index contributed by atoms with van der Waals surface area (Å²) in [6.45, 7) is 5.26. The Morgan fingerprint density at radius 1 is 1.42 bits per heavy atom. The highest BCUT2D eigenvalue weighted by Gasteiger charge is 2.47. The number of hydrogen-bond acceptors (Lipinski definition) is 4. The van der Waals surface area contributed by atoms with E-state index in [2.05, 4.69) is 31.1 Å². The van der Waals surface area contributed by atoms with Crippen LogP contribution in [0.4, 0.5) is 0 Å². The summed E-state index contributed by atoms with van der Waals surface area (Å²) in [6, 6.07) is 0.365. The predicted octanol–water partition coefficient (Wildman–Crippen LogP) is 1.69. The Morgan fingerprint density at radius 2 is 2.16 bits per heavy atom. The van der Waals surface area contributed by atoms with Gasteiger partial charge < -0.3 is 15.0 Å². The molecule has 0 spiro atoms. The molecule has 19 heavy (non-hydrogen) atoms. The van der Waals surface area contributed by atoms with Gasteiger partial charge in [0.15, 0.2) is 0 Å². The van der Waals surface area contributed by atoms with Gasteiger partial charge >= 0.3 is 0 Å². The lowest BCUT2D eigenvalue weighted by atomic mass is 9.89. The molecular weight excluding hydrogens is 260 g/mol. The standard InChI is InChI=1S/C14H26N2O2S/c1-4-16(3)13-12(8-6-5-7-9-17)19-10-14(13,2)15-11-18/h9,11-13H,4-8,10H2,1-3H3,(H,15,18)/t12-,13+,14?/m0/s1. The predicted molar refractivity (Wildman–Crippen MR) is 80.5 cm³/mol. The van der Waals surface area contributed by atoms with Crippen molar-refractivity contribution in [3.8, 4) is 0 Å². The van der Waals surface area contributed by atoms with Gasteiger partial charge in [0.2, 0.25) is 6.41 Å². The van der Waals surface area contributed by atoms with Crippen LogP contribution in [0, 0.1) is 0 Å². The van der Waals surface area contributed by atoms with Crippen LogP contribution in [0.1, 0.15) is 39.5 Å². The van der Waals surface area contributed by atoms with E-state index in [0.717, 1.165) is 44.3 Å². The van der Waals surface area contributed by atoms with Crippen LogP contribution < -0.4 is 5.32 Å². The molecule has 1 fully saturated rings. The normalized spacial score (nSPS) is 30.5. The van der Waals surface area contributed by atoms with Crippen LogP contribution in [-0.4, -0.2) is 53.8 Å². The van der Waals surface area contributed by atoms with Crippen molar-refractivity contribution in [2.24, 2.45) is 0 Å². The van der Waals surface area contributed by atoms with E-state index in [1.165, 1.54) is 0 Å². The molecule has 4 nitrogen and oxygen atoms in total. The van der Waals surface area contributed by atoms with Crippen LogP contribution in [-0.2, 0) is 9.59 Å². The molecule has 0 aromatic rings. The van der Waals surface area contributed by atoms with Gasteiger partial charge in [-0.3, -0.25) is 4.79 Å². The summed E-state index contributed by atoms with van der Waals surface area (Å²) in [4.78, 5) is 23.5. The second kappa shape index (κ2) is 7.90. The fourth-order valence-electron chi connectivity index (χ4n) is 2.91. The van der Waals surface area contributed by atoms with E-state index in [4.69, 9.17) is 0 Å². The lowest BCUT2D eigenvalue weighted by Crippen LogP contribution is -2.59. The first kappa shape index (κ1) is 16.5. The summed E-state index contributed by atoms with van der Waals surface area (Å²) in [5, 5.41) is 3.55. The van der Waals surface area contributed by atoms with E-state index < -0.39 is 0 Å². The maximum Gasteiger partial charge on any atom is 0.207 e. The number of likely N-dealkylation sites (N-methyl/N-ethyl adjacent to an activating group) is 1. The Bertz CT molecular complexity index is 301. The number of unbranched alkanes of at least 4 members (excludes halogenated alkanes) is 2. The molecular formula is C14H26N2O2S. The first-order valence-corrected chi connectivity index (χ1v) is 8.10. The zero-order chi connectivity index (χ0) is 14.3. The number of rotatable bonds is 9. The molecule has 1 amide bonds. The highest BCUT2D eigenvalue weighted by Crippen LogP contribution is 2.39. The number of aldehydes is 1. The van der Waals surface area contributed by atoms with Crippen molar-refractivity contribution in [2.75, 3.05) is 19.3 Å². The van der Waals surface area contributed by atoms with Gasteiger partial charge in [0.1, 0.15) is 6.29 Å². The Hall–Kier alpha value is -0.550. The van der Waals surface area contributed by atoms with E-state index in [1.54, 1.807) is 0 Å². The van der Waals surface area contributed by atoms with Crippen LogP contribution in [0.25, 0.3) is 0 Å². The molecule has 1 saturated heterocycles. The van der Waals surface area contributed by atoms with Gasteiger partial charge in [-0.1, -0.05) is 13.3 Å². The number of carbonyl (C=O) groups excluding carboxylic acids is 2. The van der Waals surface area contributed by atoms with Gasteiger partial charge in [-0.15, -0.1) is 0 Å². The van der Waals surface area contributed by atoms with Crippen molar-refractivity contribution in [3.05, 3.63) is 0 Å². The maximum absolute atomic E-state index is 10.9. The van der Waals surface area contributed by atoms with E-state index in [-0.39, 0.29) is 5.54 Å². The highest BCUT2D eigenvalue weighted by molar-refractivity contribution is 8.00. The number of nitrogens with zero attached hydrogens (tertiary/aromatic N) is 1. The van der Waals surface area contributed by atoms with Crippen molar-refractivity contribution in [1.82, 2.24) is 10.2 Å². The lowest BCUT2D eigenvalue weighted by molar-refractivity contribution is -0.111. The van der Waals surface area contributed by atoms with Gasteiger partial charge in [-0.2, -0.15) is 11.8 Å². The highest BCUT2D eigenvalue weighted by atomic mass is 32.2. The largest absolute Gasteiger partial charge is 0.351 e. The van der Waals surface area contributed by atoms with E-state index >= 15 is 0 Å². The number of hydrogen-bond donors (Lipinski definition) is 1. The average Bonchev–Trinajstić information content (AvgIpc) is 2.71. The summed E-state index contributed by atoms with van der Waals surface area (Å²) >= 11 is 1.95. The Kier molecular flexibility index (Phi) is 6.86. The molecule has 0 radical (unpaired) electrons. The molecule has 1 aliphatic heterocycles. The van der Waals surface area contributed by atoms with Gasteiger partial charge in [0, 0.05) is 23.5 Å². The molecule has 0 aliphatic carbocycles. The topological polar surface area (TPSA) is 49.4 Å². The lowest BCUT2D eigenvalue weighted by Gasteiger charge is -2.39. The molecule has 1 aliphatic rings. The maximum atomic E-state index is 10.9. The zero-order valence-corrected chi connectivity index (χ0v) is 13.0. The first-order chi connectivity index (χ1) is 9.09. The summed E-state index contributed by atoms with van der Waals surface area (Å²) in [7, 11) is 2.12. The number of thioether (sulfide) groups is 1. The SMILES string of the molecule is CCN(C)[C@@H]1[C@H](CCCCC=O)SCC1(C)NC=O. The number of carbonyl (C=O) groups is 2. The fraction of sp³-hybridized carbons (Fsp3) is 0.857. The molecule has 0 aromatic carbocycles. The van der Waals surface area contributed by atoms with E-state index in [1.807, 2.05) is 11.8 Å². The fourth-order valence-corrected chi connectivity index (χ4v) is 4.75. The smallest absolute Gasteiger partial charge is 0.207 e. The molecule has 0 bridgehead atoms. The van der Waals surface area contributed by atoms with Crippen LogP contribution in [0.5, 0.6) is 0 Å². The number of nitrogens with one attached hydrogen (secondary N) is 1. The molecule has 1 N–H and O–H groups in total. The van der Waals surface area contributed by atoms with Crippen molar-refractivity contribution in [1.29, 1.82) is 0 Å². The Labute approximate surface area is 120 Å². The summed E-state index contributed by atoms with van der Waals surface area (Å²) in [5.74, 6) is 0.957. The Morgan fingerprint density at radius 3 is 2.74 bits per heavy atom. The molecule has 1 rings (SSSR count). The third-order valence-electron chi connectivity index (χ3n) is 4.03. The first-order valence-electron chi connectivity index (χ1n) is 7.06. The molecule has 5 heteroatoms. The third-order valence-corrected chi connectivity index (χ3v) is 5.71.